The van der Waals surface area contributed by atoms with Gasteiger partial charge in [0.05, 0.1) is 13.4 Å². The van der Waals surface area contributed by atoms with Crippen molar-refractivity contribution < 1.29 is 17.9 Å². The summed E-state index contributed by atoms with van der Waals surface area (Å²) in [6, 6.07) is 12.9. The van der Waals surface area contributed by atoms with Crippen LogP contribution in [0.25, 0.3) is 11.1 Å². The molecule has 1 unspecified atom stereocenters. The minimum atomic E-state index is -3.36. The molecule has 1 aliphatic rings. The molecule has 2 N–H and O–H groups in total. The number of methoxy groups -OCH3 is 1. The third kappa shape index (κ3) is 4.97. The summed E-state index contributed by atoms with van der Waals surface area (Å²) in [7, 11) is -1.70. The van der Waals surface area contributed by atoms with E-state index in [0.29, 0.717) is 29.8 Å². The van der Waals surface area contributed by atoms with E-state index in [9.17, 15) is 13.2 Å². The summed E-state index contributed by atoms with van der Waals surface area (Å²) in [5.41, 5.74) is 4.35. The van der Waals surface area contributed by atoms with Crippen molar-refractivity contribution >= 4 is 15.7 Å². The molecule has 0 bridgehead atoms. The van der Waals surface area contributed by atoms with Crippen LogP contribution in [0, 0.1) is 0 Å². The molecule has 1 aromatic heterocycles. The second kappa shape index (κ2) is 8.83. The van der Waals surface area contributed by atoms with Crippen LogP contribution >= 0.6 is 0 Å². The Hall–Kier alpha value is -3.26. The first-order valence-electron chi connectivity index (χ1n) is 11.1. The van der Waals surface area contributed by atoms with Gasteiger partial charge in [-0.3, -0.25) is 9.52 Å². The van der Waals surface area contributed by atoms with E-state index >= 15 is 0 Å². The summed E-state index contributed by atoms with van der Waals surface area (Å²) >= 11 is 0. The van der Waals surface area contributed by atoms with Gasteiger partial charge < -0.3 is 14.5 Å². The van der Waals surface area contributed by atoms with E-state index in [2.05, 4.69) is 30.5 Å². The maximum atomic E-state index is 12.6. The van der Waals surface area contributed by atoms with E-state index in [-0.39, 0.29) is 17.1 Å². The van der Waals surface area contributed by atoms with Gasteiger partial charge in [0.1, 0.15) is 17.6 Å². The van der Waals surface area contributed by atoms with Crippen molar-refractivity contribution in [1.82, 2.24) is 4.98 Å². The predicted molar refractivity (Wildman–Crippen MR) is 134 cm³/mol. The second-order valence-electron chi connectivity index (χ2n) is 9.65. The smallest absolute Gasteiger partial charge is 0.255 e. The molecule has 7 nitrogen and oxygen atoms in total. The van der Waals surface area contributed by atoms with E-state index < -0.39 is 10.0 Å². The lowest BCUT2D eigenvalue weighted by Crippen LogP contribution is -2.20. The SMILES string of the molecule is COc1c(C2CCc3cc(NS(C)(=O)=O)ccc3O2)cc(-c2ccc[nH]c2=O)cc1C(C)(C)C. The summed E-state index contributed by atoms with van der Waals surface area (Å²) < 4.78 is 38.0. The number of rotatable bonds is 5. The maximum Gasteiger partial charge on any atom is 0.255 e. The van der Waals surface area contributed by atoms with Crippen molar-refractivity contribution in [3.63, 3.8) is 0 Å². The van der Waals surface area contributed by atoms with Gasteiger partial charge in [0.25, 0.3) is 5.56 Å². The Morgan fingerprint density at radius 3 is 2.56 bits per heavy atom. The maximum absolute atomic E-state index is 12.6. The minimum Gasteiger partial charge on any atom is -0.496 e. The molecule has 4 rings (SSSR count). The summed E-state index contributed by atoms with van der Waals surface area (Å²) in [5.74, 6) is 1.46. The van der Waals surface area contributed by atoms with Crippen molar-refractivity contribution in [3.8, 4) is 22.6 Å². The lowest BCUT2D eigenvalue weighted by atomic mass is 9.81. The van der Waals surface area contributed by atoms with E-state index in [1.54, 1.807) is 25.4 Å². The summed E-state index contributed by atoms with van der Waals surface area (Å²) in [6.45, 7) is 6.34. The van der Waals surface area contributed by atoms with Gasteiger partial charge in [-0.2, -0.15) is 0 Å². The van der Waals surface area contributed by atoms with Crippen molar-refractivity contribution in [3.05, 3.63) is 75.7 Å². The molecule has 2 heterocycles. The molecule has 0 radical (unpaired) electrons. The second-order valence-corrected chi connectivity index (χ2v) is 11.4. The van der Waals surface area contributed by atoms with Gasteiger partial charge in [0.2, 0.25) is 10.0 Å². The highest BCUT2D eigenvalue weighted by atomic mass is 32.2. The molecular formula is C26H30N2O5S. The number of benzene rings is 2. The Morgan fingerprint density at radius 1 is 1.15 bits per heavy atom. The van der Waals surface area contributed by atoms with Crippen molar-refractivity contribution in [2.75, 3.05) is 18.1 Å². The molecule has 1 atom stereocenters. The third-order valence-corrected chi connectivity index (χ3v) is 6.52. The van der Waals surface area contributed by atoms with Crippen LogP contribution in [0.1, 0.15) is 50.0 Å². The third-order valence-electron chi connectivity index (χ3n) is 5.91. The molecule has 3 aromatic rings. The molecule has 180 valence electrons. The van der Waals surface area contributed by atoms with Crippen LogP contribution in [0.15, 0.2) is 53.5 Å². The molecule has 34 heavy (non-hydrogen) atoms. The number of fused-ring (bicyclic) bond motifs is 1. The van der Waals surface area contributed by atoms with Gasteiger partial charge in [-0.15, -0.1) is 0 Å². The van der Waals surface area contributed by atoms with Crippen LogP contribution < -0.4 is 19.8 Å². The van der Waals surface area contributed by atoms with Gasteiger partial charge in [-0.1, -0.05) is 20.8 Å². The largest absolute Gasteiger partial charge is 0.496 e. The molecule has 0 spiro atoms. The molecule has 0 aliphatic carbocycles. The lowest BCUT2D eigenvalue weighted by molar-refractivity contribution is 0.172. The molecule has 0 saturated heterocycles. The quantitative estimate of drug-likeness (QED) is 0.545. The lowest BCUT2D eigenvalue weighted by Gasteiger charge is -2.31. The fourth-order valence-corrected chi connectivity index (χ4v) is 4.92. The number of hydrogen-bond acceptors (Lipinski definition) is 5. The van der Waals surface area contributed by atoms with Crippen LogP contribution in [-0.2, 0) is 21.9 Å². The van der Waals surface area contributed by atoms with Gasteiger partial charge in [-0.25, -0.2) is 8.42 Å². The summed E-state index contributed by atoms with van der Waals surface area (Å²) in [5, 5.41) is 0. The van der Waals surface area contributed by atoms with Crippen LogP contribution in [0.5, 0.6) is 11.5 Å². The zero-order chi connectivity index (χ0) is 24.7. The number of aryl methyl sites for hydroxylation is 1. The Morgan fingerprint density at radius 2 is 1.91 bits per heavy atom. The number of hydrogen-bond donors (Lipinski definition) is 2. The van der Waals surface area contributed by atoms with Crippen LogP contribution in [0.2, 0.25) is 0 Å². The van der Waals surface area contributed by atoms with Crippen LogP contribution in [0.4, 0.5) is 5.69 Å². The van der Waals surface area contributed by atoms with Gasteiger partial charge >= 0.3 is 0 Å². The first kappa shape index (κ1) is 23.9. The zero-order valence-corrected chi connectivity index (χ0v) is 20.9. The number of H-pyrrole nitrogens is 1. The van der Waals surface area contributed by atoms with Gasteiger partial charge in [-0.05, 0) is 71.8 Å². The van der Waals surface area contributed by atoms with Gasteiger partial charge in [0.15, 0.2) is 0 Å². The highest BCUT2D eigenvalue weighted by Gasteiger charge is 2.30. The normalized spacial score (nSPS) is 15.9. The fourth-order valence-electron chi connectivity index (χ4n) is 4.36. The van der Waals surface area contributed by atoms with E-state index in [1.165, 1.54) is 0 Å². The number of sulfonamides is 1. The van der Waals surface area contributed by atoms with Crippen molar-refractivity contribution in [2.24, 2.45) is 0 Å². The highest BCUT2D eigenvalue weighted by Crippen LogP contribution is 2.44. The Labute approximate surface area is 200 Å². The number of aromatic amines is 1. The Balaban J connectivity index is 1.79. The molecule has 0 saturated carbocycles. The number of pyridine rings is 1. The first-order valence-corrected chi connectivity index (χ1v) is 13.0. The zero-order valence-electron chi connectivity index (χ0n) is 20.1. The number of ether oxygens (including phenoxy) is 2. The van der Waals surface area contributed by atoms with Crippen molar-refractivity contribution in [1.29, 1.82) is 0 Å². The van der Waals surface area contributed by atoms with Gasteiger partial charge in [0, 0.05) is 28.6 Å². The standard InChI is InChI=1S/C26H30N2O5S/c1-26(2,3)21-15-17(19-7-6-12-27-25(19)29)14-20(24(21)32-4)23-10-8-16-13-18(28-34(5,30)31)9-11-22(16)33-23/h6-7,9,11-15,23,28H,8,10H2,1-5H3,(H,27,29). The van der Waals surface area contributed by atoms with Crippen LogP contribution in [-0.4, -0.2) is 26.8 Å². The Kier molecular flexibility index (Phi) is 6.20. The molecule has 0 fully saturated rings. The summed E-state index contributed by atoms with van der Waals surface area (Å²) in [4.78, 5) is 15.3. The Bertz CT molecular complexity index is 1390. The van der Waals surface area contributed by atoms with E-state index in [4.69, 9.17) is 9.47 Å². The number of anilines is 1. The van der Waals surface area contributed by atoms with Crippen LogP contribution in [0.3, 0.4) is 0 Å². The average Bonchev–Trinajstić information content (AvgIpc) is 2.76. The number of aromatic nitrogens is 1. The monoisotopic (exact) mass is 482 g/mol. The molecule has 0 amide bonds. The fraction of sp³-hybridized carbons (Fsp3) is 0.346. The highest BCUT2D eigenvalue weighted by molar-refractivity contribution is 7.92. The first-order chi connectivity index (χ1) is 16.0. The molecule has 8 heteroatoms. The van der Waals surface area contributed by atoms with E-state index in [1.807, 2.05) is 30.3 Å². The predicted octanol–water partition coefficient (Wildman–Crippen LogP) is 4.79. The van der Waals surface area contributed by atoms with E-state index in [0.717, 1.165) is 34.3 Å². The number of nitrogens with one attached hydrogen (secondary N) is 2. The molecule has 1 aliphatic heterocycles. The molecular weight excluding hydrogens is 452 g/mol. The average molecular weight is 483 g/mol. The topological polar surface area (TPSA) is 97.5 Å². The molecule has 2 aromatic carbocycles. The summed E-state index contributed by atoms with van der Waals surface area (Å²) in [6.07, 6.45) is 3.87. The minimum absolute atomic E-state index is 0.153. The van der Waals surface area contributed by atoms with Crippen molar-refractivity contribution in [2.45, 2.75) is 45.1 Å².